The SMILES string of the molecule is Cc1ccnc(NS(=O)(=O)c2ccc(NC(=O)[C@@H]3CN(S(C)(=O)=O)c4ccccc4O3)cc2)n1. The summed E-state index contributed by atoms with van der Waals surface area (Å²) in [5, 5.41) is 2.62. The summed E-state index contributed by atoms with van der Waals surface area (Å²) < 4.78 is 58.7. The number of nitrogens with one attached hydrogen (secondary N) is 2. The predicted octanol–water partition coefficient (Wildman–Crippen LogP) is 1.75. The normalized spacial score (nSPS) is 15.7. The Labute approximate surface area is 196 Å². The standard InChI is InChI=1S/C21H21N5O6S2/c1-14-11-12-22-21(23-14)25-34(30,31)16-9-7-15(8-10-16)24-20(27)19-13-26(33(2,28)29)17-5-3-4-6-18(17)32-19/h3-12,19H,13H2,1-2H3,(H,24,27)(H,22,23,25)/t19-/m0/s1. The van der Waals surface area contributed by atoms with Crippen LogP contribution in [0, 0.1) is 6.92 Å². The second-order valence-corrected chi connectivity index (χ2v) is 11.1. The number of aromatic nitrogens is 2. The minimum Gasteiger partial charge on any atom is -0.476 e. The fraction of sp³-hybridized carbons (Fsp3) is 0.190. The Hall–Kier alpha value is -3.71. The van der Waals surface area contributed by atoms with E-state index in [1.54, 1.807) is 37.3 Å². The van der Waals surface area contributed by atoms with Crippen LogP contribution in [0.5, 0.6) is 5.75 Å². The van der Waals surface area contributed by atoms with Crippen LogP contribution in [0.3, 0.4) is 0 Å². The van der Waals surface area contributed by atoms with Crippen molar-refractivity contribution in [3.05, 3.63) is 66.5 Å². The maximum atomic E-state index is 12.8. The van der Waals surface area contributed by atoms with E-state index in [9.17, 15) is 21.6 Å². The van der Waals surface area contributed by atoms with Gasteiger partial charge in [-0.1, -0.05) is 12.1 Å². The van der Waals surface area contributed by atoms with Gasteiger partial charge < -0.3 is 10.1 Å². The van der Waals surface area contributed by atoms with Gasteiger partial charge in [0, 0.05) is 17.6 Å². The van der Waals surface area contributed by atoms with E-state index >= 15 is 0 Å². The highest BCUT2D eigenvalue weighted by molar-refractivity contribution is 7.92. The molecule has 13 heteroatoms. The molecular weight excluding hydrogens is 482 g/mol. The van der Waals surface area contributed by atoms with Gasteiger partial charge in [-0.05, 0) is 49.4 Å². The number of nitrogens with zero attached hydrogens (tertiary/aromatic N) is 3. The highest BCUT2D eigenvalue weighted by Crippen LogP contribution is 2.34. The number of anilines is 3. The summed E-state index contributed by atoms with van der Waals surface area (Å²) in [5.41, 5.74) is 1.27. The number of sulfonamides is 2. The van der Waals surface area contributed by atoms with Crippen molar-refractivity contribution < 1.29 is 26.4 Å². The van der Waals surface area contributed by atoms with E-state index in [-0.39, 0.29) is 23.1 Å². The third kappa shape index (κ3) is 5.10. The fourth-order valence-corrected chi connectivity index (χ4v) is 5.14. The van der Waals surface area contributed by atoms with E-state index in [4.69, 9.17) is 4.74 Å². The molecule has 4 rings (SSSR count). The number of para-hydroxylation sites is 2. The van der Waals surface area contributed by atoms with Gasteiger partial charge in [0.05, 0.1) is 23.4 Å². The van der Waals surface area contributed by atoms with Crippen LogP contribution < -0.4 is 19.1 Å². The molecule has 2 N–H and O–H groups in total. The molecule has 0 spiro atoms. The van der Waals surface area contributed by atoms with Gasteiger partial charge in [-0.3, -0.25) is 9.10 Å². The van der Waals surface area contributed by atoms with Gasteiger partial charge in [-0.25, -0.2) is 31.5 Å². The summed E-state index contributed by atoms with van der Waals surface area (Å²) in [6, 6.07) is 13.6. The minimum absolute atomic E-state index is 0.0532. The number of ether oxygens (including phenoxy) is 1. The number of amides is 1. The monoisotopic (exact) mass is 503 g/mol. The van der Waals surface area contributed by atoms with E-state index in [1.807, 2.05) is 0 Å². The van der Waals surface area contributed by atoms with E-state index in [0.29, 0.717) is 17.1 Å². The number of fused-ring (bicyclic) bond motifs is 1. The molecule has 2 heterocycles. The fourth-order valence-electron chi connectivity index (χ4n) is 3.27. The van der Waals surface area contributed by atoms with Crippen molar-refractivity contribution in [3.8, 4) is 5.75 Å². The van der Waals surface area contributed by atoms with Gasteiger partial charge in [0.1, 0.15) is 5.75 Å². The number of carbonyl (C=O) groups excluding carboxylic acids is 1. The molecule has 2 aromatic carbocycles. The Kier molecular flexibility index (Phi) is 6.15. The first kappa shape index (κ1) is 23.4. The van der Waals surface area contributed by atoms with Crippen LogP contribution in [0.4, 0.5) is 17.3 Å². The van der Waals surface area contributed by atoms with Crippen LogP contribution in [0.15, 0.2) is 65.7 Å². The summed E-state index contributed by atoms with van der Waals surface area (Å²) in [7, 11) is -7.58. The first-order valence-corrected chi connectivity index (χ1v) is 13.3. The number of carbonyl (C=O) groups is 1. The third-order valence-corrected chi connectivity index (χ3v) is 7.37. The smallest absolute Gasteiger partial charge is 0.267 e. The largest absolute Gasteiger partial charge is 0.476 e. The van der Waals surface area contributed by atoms with Gasteiger partial charge in [-0.15, -0.1) is 0 Å². The molecule has 0 radical (unpaired) electrons. The van der Waals surface area contributed by atoms with Crippen molar-refractivity contribution in [2.75, 3.05) is 27.1 Å². The molecule has 1 aromatic heterocycles. The first-order valence-electron chi connectivity index (χ1n) is 10.00. The van der Waals surface area contributed by atoms with Gasteiger partial charge in [-0.2, -0.15) is 0 Å². The number of hydrogen-bond acceptors (Lipinski definition) is 8. The Morgan fingerprint density at radius 1 is 1.06 bits per heavy atom. The topological polar surface area (TPSA) is 148 Å². The molecule has 1 amide bonds. The van der Waals surface area contributed by atoms with Gasteiger partial charge in [0.25, 0.3) is 15.9 Å². The van der Waals surface area contributed by atoms with Crippen molar-refractivity contribution in [2.45, 2.75) is 17.9 Å². The van der Waals surface area contributed by atoms with Crippen LogP contribution >= 0.6 is 0 Å². The van der Waals surface area contributed by atoms with E-state index in [1.165, 1.54) is 30.5 Å². The maximum absolute atomic E-state index is 12.8. The lowest BCUT2D eigenvalue weighted by Crippen LogP contribution is -2.48. The second kappa shape index (κ2) is 8.91. The summed E-state index contributed by atoms with van der Waals surface area (Å²) in [6.45, 7) is 1.51. The molecule has 1 aliphatic rings. The molecular formula is C21H21N5O6S2. The number of hydrogen-bond donors (Lipinski definition) is 2. The van der Waals surface area contributed by atoms with Crippen molar-refractivity contribution in [1.29, 1.82) is 0 Å². The van der Waals surface area contributed by atoms with Gasteiger partial charge in [0.2, 0.25) is 16.0 Å². The van der Waals surface area contributed by atoms with Crippen molar-refractivity contribution in [2.24, 2.45) is 0 Å². The number of aryl methyl sites for hydroxylation is 1. The van der Waals surface area contributed by atoms with E-state index in [0.717, 1.165) is 10.6 Å². The van der Waals surface area contributed by atoms with Crippen LogP contribution in [-0.4, -0.2) is 51.6 Å². The molecule has 1 aliphatic heterocycles. The Morgan fingerprint density at radius 2 is 1.76 bits per heavy atom. The zero-order chi connectivity index (χ0) is 24.5. The lowest BCUT2D eigenvalue weighted by atomic mass is 10.2. The van der Waals surface area contributed by atoms with Gasteiger partial charge in [0.15, 0.2) is 6.10 Å². The quantitative estimate of drug-likeness (QED) is 0.517. The molecule has 0 saturated carbocycles. The van der Waals surface area contributed by atoms with E-state index in [2.05, 4.69) is 20.0 Å². The summed E-state index contributed by atoms with van der Waals surface area (Å²) in [5.74, 6) is -0.363. The molecule has 1 atom stereocenters. The van der Waals surface area contributed by atoms with Crippen LogP contribution in [0.2, 0.25) is 0 Å². The second-order valence-electron chi connectivity index (χ2n) is 7.51. The summed E-state index contributed by atoms with van der Waals surface area (Å²) >= 11 is 0. The van der Waals surface area contributed by atoms with Crippen LogP contribution in [0.25, 0.3) is 0 Å². The van der Waals surface area contributed by atoms with Crippen LogP contribution in [-0.2, 0) is 24.8 Å². The van der Waals surface area contributed by atoms with Crippen LogP contribution in [0.1, 0.15) is 5.69 Å². The van der Waals surface area contributed by atoms with Crippen molar-refractivity contribution in [3.63, 3.8) is 0 Å². The maximum Gasteiger partial charge on any atom is 0.267 e. The molecule has 0 fully saturated rings. The number of benzene rings is 2. The predicted molar refractivity (Wildman–Crippen MR) is 126 cm³/mol. The Bertz CT molecular complexity index is 1440. The molecule has 11 nitrogen and oxygen atoms in total. The van der Waals surface area contributed by atoms with Crippen molar-refractivity contribution in [1.82, 2.24) is 9.97 Å². The Balaban J connectivity index is 1.48. The highest BCUT2D eigenvalue weighted by atomic mass is 32.2. The average molecular weight is 504 g/mol. The molecule has 178 valence electrons. The molecule has 0 bridgehead atoms. The summed E-state index contributed by atoms with van der Waals surface area (Å²) in [6.07, 6.45) is 1.39. The summed E-state index contributed by atoms with van der Waals surface area (Å²) in [4.78, 5) is 20.6. The molecule has 34 heavy (non-hydrogen) atoms. The Morgan fingerprint density at radius 3 is 2.44 bits per heavy atom. The molecule has 0 aliphatic carbocycles. The first-order chi connectivity index (χ1) is 16.0. The number of rotatable bonds is 6. The molecule has 0 saturated heterocycles. The van der Waals surface area contributed by atoms with Crippen molar-refractivity contribution >= 4 is 43.3 Å². The average Bonchev–Trinajstić information content (AvgIpc) is 2.77. The highest BCUT2D eigenvalue weighted by Gasteiger charge is 2.34. The zero-order valence-corrected chi connectivity index (χ0v) is 19.8. The minimum atomic E-state index is -3.94. The lowest BCUT2D eigenvalue weighted by molar-refractivity contribution is -0.122. The van der Waals surface area contributed by atoms with Gasteiger partial charge >= 0.3 is 0 Å². The van der Waals surface area contributed by atoms with E-state index < -0.39 is 32.1 Å². The molecule has 3 aromatic rings. The lowest BCUT2D eigenvalue weighted by Gasteiger charge is -2.33. The zero-order valence-electron chi connectivity index (χ0n) is 18.2. The molecule has 0 unspecified atom stereocenters. The third-order valence-electron chi connectivity index (χ3n) is 4.88.